The van der Waals surface area contributed by atoms with E-state index in [2.05, 4.69) is 31.5 Å². The van der Waals surface area contributed by atoms with E-state index >= 15 is 0 Å². The van der Waals surface area contributed by atoms with Gasteiger partial charge < -0.3 is 15.0 Å². The van der Waals surface area contributed by atoms with E-state index < -0.39 is 0 Å². The quantitative estimate of drug-likeness (QED) is 0.374. The molecule has 2 heterocycles. The van der Waals surface area contributed by atoms with Gasteiger partial charge >= 0.3 is 0 Å². The van der Waals surface area contributed by atoms with Crippen LogP contribution < -0.4 is 5.32 Å². The Labute approximate surface area is 186 Å². The Hall–Kier alpha value is -3.10. The van der Waals surface area contributed by atoms with Crippen LogP contribution in [0.5, 0.6) is 0 Å². The van der Waals surface area contributed by atoms with Crippen molar-refractivity contribution < 1.29 is 9.53 Å². The average molecular weight is 436 g/mol. The van der Waals surface area contributed by atoms with Gasteiger partial charge in [0.15, 0.2) is 17.6 Å². The fraction of sp³-hybridized carbons (Fsp3) is 0.304. The molecule has 0 radical (unpaired) electrons. The highest BCUT2D eigenvalue weighted by Gasteiger charge is 2.19. The second kappa shape index (κ2) is 9.80. The third kappa shape index (κ3) is 4.98. The smallest absolute Gasteiger partial charge is 0.209 e. The van der Waals surface area contributed by atoms with Crippen molar-refractivity contribution in [1.29, 1.82) is 0 Å². The molecule has 0 spiro atoms. The summed E-state index contributed by atoms with van der Waals surface area (Å²) in [6.07, 6.45) is 0. The maximum Gasteiger partial charge on any atom is 0.209 e. The summed E-state index contributed by atoms with van der Waals surface area (Å²) >= 11 is 1.31. The number of ether oxygens (including phenoxy) is 1. The van der Waals surface area contributed by atoms with Gasteiger partial charge in [0.1, 0.15) is 0 Å². The van der Waals surface area contributed by atoms with Crippen molar-refractivity contribution in [2.75, 3.05) is 38.7 Å². The Bertz CT molecular complexity index is 1060. The van der Waals surface area contributed by atoms with Crippen LogP contribution in [-0.2, 0) is 4.74 Å². The first-order valence-electron chi connectivity index (χ1n) is 10.3. The van der Waals surface area contributed by atoms with Gasteiger partial charge in [0.05, 0.1) is 13.2 Å². The zero-order valence-corrected chi connectivity index (χ0v) is 18.4. The van der Waals surface area contributed by atoms with E-state index in [1.54, 1.807) is 7.05 Å². The predicted molar refractivity (Wildman–Crippen MR) is 123 cm³/mol. The molecule has 8 heteroatoms. The number of carbonyl (C=O) groups is 1. The number of rotatable bonds is 5. The number of ketones is 1. The summed E-state index contributed by atoms with van der Waals surface area (Å²) < 4.78 is 9.95. The number of aromatic nitrogens is 2. The second-order valence-corrected chi connectivity index (χ2v) is 8.02. The van der Waals surface area contributed by atoms with Crippen molar-refractivity contribution in [3.63, 3.8) is 0 Å². The van der Waals surface area contributed by atoms with Crippen LogP contribution in [0.15, 0.2) is 59.6 Å². The molecule has 0 amide bonds. The van der Waals surface area contributed by atoms with Crippen LogP contribution in [0.1, 0.15) is 40.2 Å². The highest BCUT2D eigenvalue weighted by molar-refractivity contribution is 7.09. The lowest BCUT2D eigenvalue weighted by atomic mass is 9.95. The highest BCUT2D eigenvalue weighted by Crippen LogP contribution is 2.26. The number of morpholine rings is 1. The topological polar surface area (TPSA) is 79.7 Å². The Morgan fingerprint density at radius 3 is 2.61 bits per heavy atom. The summed E-state index contributed by atoms with van der Waals surface area (Å²) in [7, 11) is 1.76. The van der Waals surface area contributed by atoms with Gasteiger partial charge in [0, 0.05) is 48.7 Å². The lowest BCUT2D eigenvalue weighted by molar-refractivity contribution is 0.0680. The van der Waals surface area contributed by atoms with Crippen molar-refractivity contribution in [1.82, 2.24) is 14.3 Å². The first kappa shape index (κ1) is 21.1. The molecule has 1 aliphatic rings. The van der Waals surface area contributed by atoms with Crippen molar-refractivity contribution in [3.05, 3.63) is 77.1 Å². The maximum absolute atomic E-state index is 12.8. The van der Waals surface area contributed by atoms with E-state index in [0.717, 1.165) is 24.6 Å². The van der Waals surface area contributed by atoms with Crippen LogP contribution in [0.3, 0.4) is 0 Å². The fourth-order valence-electron chi connectivity index (χ4n) is 3.46. The molecule has 2 aromatic carbocycles. The maximum atomic E-state index is 12.8. The molecule has 1 fully saturated rings. The summed E-state index contributed by atoms with van der Waals surface area (Å²) in [6, 6.07) is 17.0. The molecule has 1 aromatic heterocycles. The van der Waals surface area contributed by atoms with Gasteiger partial charge in [0.25, 0.3) is 0 Å². The summed E-state index contributed by atoms with van der Waals surface area (Å²) in [6.45, 7) is 5.02. The largest absolute Gasteiger partial charge is 0.378 e. The lowest BCUT2D eigenvalue weighted by Gasteiger charge is -2.29. The van der Waals surface area contributed by atoms with Crippen molar-refractivity contribution in [2.45, 2.75) is 12.8 Å². The van der Waals surface area contributed by atoms with Crippen LogP contribution in [0.25, 0.3) is 0 Å². The Kier molecular flexibility index (Phi) is 6.69. The van der Waals surface area contributed by atoms with Crippen LogP contribution in [-0.4, -0.2) is 59.4 Å². The minimum absolute atomic E-state index is 0.0116. The van der Waals surface area contributed by atoms with Gasteiger partial charge in [-0.15, -0.1) is 0 Å². The van der Waals surface area contributed by atoms with Gasteiger partial charge in [-0.2, -0.15) is 4.37 Å². The van der Waals surface area contributed by atoms with Crippen LogP contribution in [0.4, 0.5) is 5.13 Å². The summed E-state index contributed by atoms with van der Waals surface area (Å²) in [5, 5.41) is 3.99. The molecule has 0 aliphatic carbocycles. The molecule has 31 heavy (non-hydrogen) atoms. The standard InChI is InChI=1S/C23H25N5O2S/c1-16(18-9-6-10-19(15-18)20(29)17-7-4-3-5-8-17)21-25-23(31-27-21)26-22(24-2)28-11-13-30-14-12-28/h3-10,15-16H,11-14H2,1-2H3,(H,24,25,26,27). The molecule has 1 saturated heterocycles. The zero-order valence-electron chi connectivity index (χ0n) is 17.6. The average Bonchev–Trinajstić information content (AvgIpc) is 3.31. The van der Waals surface area contributed by atoms with Gasteiger partial charge in [-0.1, -0.05) is 55.5 Å². The van der Waals surface area contributed by atoms with Crippen molar-refractivity contribution in [3.8, 4) is 0 Å². The Morgan fingerprint density at radius 1 is 1.13 bits per heavy atom. The van der Waals surface area contributed by atoms with E-state index in [1.165, 1.54) is 11.5 Å². The number of benzene rings is 2. The fourth-order valence-corrected chi connectivity index (χ4v) is 4.11. The van der Waals surface area contributed by atoms with E-state index in [-0.39, 0.29) is 11.7 Å². The number of carbonyl (C=O) groups excluding carboxylic acids is 1. The van der Waals surface area contributed by atoms with Gasteiger partial charge in [-0.25, -0.2) is 4.98 Å². The molecule has 7 nitrogen and oxygen atoms in total. The van der Waals surface area contributed by atoms with Gasteiger partial charge in [-0.05, 0) is 11.6 Å². The first-order valence-corrected chi connectivity index (χ1v) is 11.0. The molecular formula is C23H25N5O2S. The minimum Gasteiger partial charge on any atom is -0.378 e. The molecule has 1 atom stereocenters. The first-order chi connectivity index (χ1) is 15.2. The number of guanidine groups is 1. The van der Waals surface area contributed by atoms with E-state index in [4.69, 9.17) is 4.74 Å². The molecule has 1 aliphatic heterocycles. The number of hydrogen-bond donors (Lipinski definition) is 1. The lowest BCUT2D eigenvalue weighted by Crippen LogP contribution is -2.44. The van der Waals surface area contributed by atoms with E-state index in [1.807, 2.05) is 54.6 Å². The number of hydrogen-bond acceptors (Lipinski definition) is 6. The number of nitrogens with one attached hydrogen (secondary N) is 1. The van der Waals surface area contributed by atoms with Crippen LogP contribution >= 0.6 is 11.5 Å². The molecule has 160 valence electrons. The number of aliphatic imine (C=N–C) groups is 1. The molecule has 3 aromatic rings. The van der Waals surface area contributed by atoms with Gasteiger partial charge in [0.2, 0.25) is 5.13 Å². The highest BCUT2D eigenvalue weighted by atomic mass is 32.1. The minimum atomic E-state index is -0.0410. The summed E-state index contributed by atoms with van der Waals surface area (Å²) in [5.41, 5.74) is 2.35. The Balaban J connectivity index is 1.48. The molecule has 0 saturated carbocycles. The van der Waals surface area contributed by atoms with Crippen molar-refractivity contribution >= 4 is 28.4 Å². The van der Waals surface area contributed by atoms with Crippen LogP contribution in [0, 0.1) is 0 Å². The van der Waals surface area contributed by atoms with E-state index in [0.29, 0.717) is 35.3 Å². The third-order valence-corrected chi connectivity index (χ3v) is 5.90. The molecule has 1 unspecified atom stereocenters. The van der Waals surface area contributed by atoms with E-state index in [9.17, 15) is 4.79 Å². The third-order valence-electron chi connectivity index (χ3n) is 5.25. The second-order valence-electron chi connectivity index (χ2n) is 7.27. The normalized spacial score (nSPS) is 15.5. The summed E-state index contributed by atoms with van der Waals surface area (Å²) in [5.74, 6) is 1.46. The number of anilines is 1. The SMILES string of the molecule is CN=C(Nc1nc(C(C)c2cccc(C(=O)c3ccccc3)c2)ns1)N1CCOCC1. The zero-order chi connectivity index (χ0) is 21.6. The number of nitrogens with zero attached hydrogens (tertiary/aromatic N) is 4. The monoisotopic (exact) mass is 435 g/mol. The molecule has 1 N–H and O–H groups in total. The molecular weight excluding hydrogens is 410 g/mol. The summed E-state index contributed by atoms with van der Waals surface area (Å²) in [4.78, 5) is 24.0. The predicted octanol–water partition coefficient (Wildman–Crippen LogP) is 3.65. The molecule has 4 rings (SSSR count). The Morgan fingerprint density at radius 2 is 1.87 bits per heavy atom. The molecule has 0 bridgehead atoms. The van der Waals surface area contributed by atoms with Crippen molar-refractivity contribution in [2.24, 2.45) is 4.99 Å². The van der Waals surface area contributed by atoms with Gasteiger partial charge in [-0.3, -0.25) is 9.79 Å². The van der Waals surface area contributed by atoms with Crippen LogP contribution in [0.2, 0.25) is 0 Å².